The molecule has 1 N–H and O–H groups in total. The molecule has 1 saturated heterocycles. The Bertz CT molecular complexity index is 464. The van der Waals surface area contributed by atoms with Crippen molar-refractivity contribution < 1.29 is 9.53 Å². The SMILES string of the molecule is COc1ccc(N2CCNC(CC#N)C2=O)cc1. The average molecular weight is 245 g/mol. The number of hydrogen-bond donors (Lipinski definition) is 1. The summed E-state index contributed by atoms with van der Waals surface area (Å²) in [6, 6.07) is 8.98. The van der Waals surface area contributed by atoms with Crippen LogP contribution in [0, 0.1) is 11.3 Å². The molecule has 1 aliphatic heterocycles. The van der Waals surface area contributed by atoms with E-state index < -0.39 is 6.04 Å². The molecular weight excluding hydrogens is 230 g/mol. The van der Waals surface area contributed by atoms with Gasteiger partial charge in [0.25, 0.3) is 0 Å². The summed E-state index contributed by atoms with van der Waals surface area (Å²) in [6.07, 6.45) is 0.200. The van der Waals surface area contributed by atoms with Crippen molar-refractivity contribution in [1.29, 1.82) is 5.26 Å². The van der Waals surface area contributed by atoms with Gasteiger partial charge in [-0.1, -0.05) is 0 Å². The summed E-state index contributed by atoms with van der Waals surface area (Å²) >= 11 is 0. The van der Waals surface area contributed by atoms with Crippen molar-refractivity contribution in [3.05, 3.63) is 24.3 Å². The van der Waals surface area contributed by atoms with Crippen molar-refractivity contribution in [3.8, 4) is 11.8 Å². The molecule has 5 nitrogen and oxygen atoms in total. The van der Waals surface area contributed by atoms with Gasteiger partial charge >= 0.3 is 0 Å². The van der Waals surface area contributed by atoms with E-state index in [4.69, 9.17) is 10.00 Å². The molecule has 1 unspecified atom stereocenters. The Morgan fingerprint density at radius 3 is 2.83 bits per heavy atom. The van der Waals surface area contributed by atoms with E-state index >= 15 is 0 Å². The lowest BCUT2D eigenvalue weighted by Crippen LogP contribution is -2.55. The lowest BCUT2D eigenvalue weighted by molar-refractivity contribution is -0.121. The first-order chi connectivity index (χ1) is 8.76. The third-order valence-corrected chi connectivity index (χ3v) is 2.97. The molecule has 0 saturated carbocycles. The Balaban J connectivity index is 2.16. The van der Waals surface area contributed by atoms with E-state index in [1.54, 1.807) is 12.0 Å². The van der Waals surface area contributed by atoms with E-state index in [-0.39, 0.29) is 12.3 Å². The number of methoxy groups -OCH3 is 1. The monoisotopic (exact) mass is 245 g/mol. The van der Waals surface area contributed by atoms with Crippen LogP contribution in [-0.4, -0.2) is 32.1 Å². The van der Waals surface area contributed by atoms with E-state index in [0.29, 0.717) is 13.1 Å². The van der Waals surface area contributed by atoms with Gasteiger partial charge in [-0.3, -0.25) is 4.79 Å². The number of benzene rings is 1. The predicted octanol–water partition coefficient (Wildman–Crippen LogP) is 0.914. The first-order valence-corrected chi connectivity index (χ1v) is 5.82. The van der Waals surface area contributed by atoms with Gasteiger partial charge in [-0.25, -0.2) is 0 Å². The number of carbonyl (C=O) groups excluding carboxylic acids is 1. The fourth-order valence-corrected chi connectivity index (χ4v) is 2.01. The van der Waals surface area contributed by atoms with E-state index in [2.05, 4.69) is 5.32 Å². The molecule has 1 aromatic rings. The molecule has 18 heavy (non-hydrogen) atoms. The molecule has 2 rings (SSSR count). The minimum Gasteiger partial charge on any atom is -0.497 e. The maximum absolute atomic E-state index is 12.2. The van der Waals surface area contributed by atoms with E-state index in [1.807, 2.05) is 30.3 Å². The number of anilines is 1. The number of piperazine rings is 1. The second-order valence-corrected chi connectivity index (χ2v) is 4.06. The normalized spacial score (nSPS) is 19.4. The number of rotatable bonds is 3. The molecule has 1 aromatic carbocycles. The highest BCUT2D eigenvalue weighted by atomic mass is 16.5. The molecule has 1 amide bonds. The van der Waals surface area contributed by atoms with Gasteiger partial charge in [-0.15, -0.1) is 0 Å². The number of nitrogens with zero attached hydrogens (tertiary/aromatic N) is 2. The number of hydrogen-bond acceptors (Lipinski definition) is 4. The van der Waals surface area contributed by atoms with Crippen LogP contribution in [0.1, 0.15) is 6.42 Å². The first kappa shape index (κ1) is 12.4. The highest BCUT2D eigenvalue weighted by Gasteiger charge is 2.28. The van der Waals surface area contributed by atoms with Crippen LogP contribution in [0.3, 0.4) is 0 Å². The van der Waals surface area contributed by atoms with Crippen molar-refractivity contribution >= 4 is 11.6 Å². The standard InChI is InChI=1S/C13H15N3O2/c1-18-11-4-2-10(3-5-11)16-9-8-15-12(6-7-14)13(16)17/h2-5,12,15H,6,8-9H2,1H3. The van der Waals surface area contributed by atoms with Crippen LogP contribution in [0.5, 0.6) is 5.75 Å². The summed E-state index contributed by atoms with van der Waals surface area (Å²) in [5.74, 6) is 0.711. The molecule has 1 heterocycles. The van der Waals surface area contributed by atoms with Crippen molar-refractivity contribution in [1.82, 2.24) is 5.32 Å². The fraction of sp³-hybridized carbons (Fsp3) is 0.385. The Morgan fingerprint density at radius 2 is 2.22 bits per heavy atom. The van der Waals surface area contributed by atoms with Crippen molar-refractivity contribution in [2.24, 2.45) is 0 Å². The predicted molar refractivity (Wildman–Crippen MR) is 67.4 cm³/mol. The minimum atomic E-state index is -0.397. The quantitative estimate of drug-likeness (QED) is 0.859. The van der Waals surface area contributed by atoms with Gasteiger partial charge < -0.3 is 15.0 Å². The summed E-state index contributed by atoms with van der Waals surface area (Å²) in [5, 5.41) is 11.7. The van der Waals surface area contributed by atoms with Crippen LogP contribution >= 0.6 is 0 Å². The summed E-state index contributed by atoms with van der Waals surface area (Å²) in [4.78, 5) is 13.9. The van der Waals surface area contributed by atoms with Crippen molar-refractivity contribution in [2.75, 3.05) is 25.1 Å². The topological polar surface area (TPSA) is 65.4 Å². The molecule has 0 spiro atoms. The molecular formula is C13H15N3O2. The molecule has 0 radical (unpaired) electrons. The van der Waals surface area contributed by atoms with Crippen LogP contribution < -0.4 is 15.0 Å². The largest absolute Gasteiger partial charge is 0.497 e. The zero-order chi connectivity index (χ0) is 13.0. The Morgan fingerprint density at radius 1 is 1.50 bits per heavy atom. The number of carbonyl (C=O) groups is 1. The van der Waals surface area contributed by atoms with Gasteiger partial charge in [-0.2, -0.15) is 5.26 Å². The van der Waals surface area contributed by atoms with Gasteiger partial charge in [0.05, 0.1) is 19.6 Å². The number of nitrogens with one attached hydrogen (secondary N) is 1. The Labute approximate surface area is 106 Å². The first-order valence-electron chi connectivity index (χ1n) is 5.82. The summed E-state index contributed by atoms with van der Waals surface area (Å²) in [6.45, 7) is 1.32. The van der Waals surface area contributed by atoms with Crippen LogP contribution in [-0.2, 0) is 4.79 Å². The van der Waals surface area contributed by atoms with Gasteiger partial charge in [0.15, 0.2) is 0 Å². The summed E-state index contributed by atoms with van der Waals surface area (Å²) < 4.78 is 5.08. The average Bonchev–Trinajstić information content (AvgIpc) is 2.42. The molecule has 0 aromatic heterocycles. The van der Waals surface area contributed by atoms with Gasteiger partial charge in [-0.05, 0) is 24.3 Å². The number of amides is 1. The van der Waals surface area contributed by atoms with E-state index in [9.17, 15) is 4.79 Å². The lowest BCUT2D eigenvalue weighted by Gasteiger charge is -2.32. The van der Waals surface area contributed by atoms with Crippen LogP contribution in [0.15, 0.2) is 24.3 Å². The van der Waals surface area contributed by atoms with Gasteiger partial charge in [0.1, 0.15) is 11.8 Å². The van der Waals surface area contributed by atoms with Crippen molar-refractivity contribution in [3.63, 3.8) is 0 Å². The molecule has 1 fully saturated rings. The number of nitriles is 1. The second-order valence-electron chi connectivity index (χ2n) is 4.06. The maximum atomic E-state index is 12.2. The summed E-state index contributed by atoms with van der Waals surface area (Å²) in [7, 11) is 1.61. The third-order valence-electron chi connectivity index (χ3n) is 2.97. The molecule has 0 aliphatic carbocycles. The summed E-state index contributed by atoms with van der Waals surface area (Å²) in [5.41, 5.74) is 0.838. The fourth-order valence-electron chi connectivity index (χ4n) is 2.01. The maximum Gasteiger partial charge on any atom is 0.245 e. The van der Waals surface area contributed by atoms with Gasteiger partial charge in [0.2, 0.25) is 5.91 Å². The van der Waals surface area contributed by atoms with E-state index in [1.165, 1.54) is 0 Å². The van der Waals surface area contributed by atoms with Crippen molar-refractivity contribution in [2.45, 2.75) is 12.5 Å². The molecule has 1 atom stereocenters. The zero-order valence-corrected chi connectivity index (χ0v) is 10.2. The van der Waals surface area contributed by atoms with Crippen LogP contribution in [0.25, 0.3) is 0 Å². The minimum absolute atomic E-state index is 0.0482. The van der Waals surface area contributed by atoms with Crippen LogP contribution in [0.4, 0.5) is 5.69 Å². The highest BCUT2D eigenvalue weighted by molar-refractivity contribution is 5.98. The molecule has 1 aliphatic rings. The third kappa shape index (κ3) is 2.44. The van der Waals surface area contributed by atoms with Crippen LogP contribution in [0.2, 0.25) is 0 Å². The molecule has 0 bridgehead atoms. The van der Waals surface area contributed by atoms with E-state index in [0.717, 1.165) is 11.4 Å². The lowest BCUT2D eigenvalue weighted by atomic mass is 10.1. The second kappa shape index (κ2) is 5.52. The Hall–Kier alpha value is -2.06. The smallest absolute Gasteiger partial charge is 0.245 e. The molecule has 5 heteroatoms. The van der Waals surface area contributed by atoms with Gasteiger partial charge in [0, 0.05) is 18.8 Å². The zero-order valence-electron chi connectivity index (χ0n) is 10.2. The molecule has 94 valence electrons. The number of ether oxygens (including phenoxy) is 1. The Kier molecular flexibility index (Phi) is 3.80. The highest BCUT2D eigenvalue weighted by Crippen LogP contribution is 2.21.